The SMILES string of the molecule is CC.C[C@H](C(=O)NC1CCC1)C(C)(C)C. The second-order valence-electron chi connectivity index (χ2n) is 5.22. The standard InChI is InChI=1S/C11H21NO.C2H6/c1-8(11(2,3)4)10(13)12-9-6-5-7-9;1-2/h8-9H,5-7H2,1-4H3,(H,12,13);1-2H3/t8-;/m1./s1. The predicted molar refractivity (Wildman–Crippen MR) is 65.7 cm³/mol. The van der Waals surface area contributed by atoms with Gasteiger partial charge in [-0.3, -0.25) is 4.79 Å². The van der Waals surface area contributed by atoms with Gasteiger partial charge in [-0.15, -0.1) is 0 Å². The van der Waals surface area contributed by atoms with E-state index in [0.717, 1.165) is 0 Å². The molecule has 1 amide bonds. The third-order valence-corrected chi connectivity index (χ3v) is 3.14. The number of rotatable bonds is 2. The quantitative estimate of drug-likeness (QED) is 0.748. The lowest BCUT2D eigenvalue weighted by Crippen LogP contribution is -2.44. The zero-order valence-electron chi connectivity index (χ0n) is 11.2. The Morgan fingerprint density at radius 3 is 2.00 bits per heavy atom. The molecule has 2 nitrogen and oxygen atoms in total. The van der Waals surface area contributed by atoms with Crippen LogP contribution in [0.5, 0.6) is 0 Å². The van der Waals surface area contributed by atoms with E-state index in [1.54, 1.807) is 0 Å². The second-order valence-corrected chi connectivity index (χ2v) is 5.22. The Bertz CT molecular complexity index is 189. The highest BCUT2D eigenvalue weighted by Gasteiger charge is 2.29. The molecule has 1 aliphatic carbocycles. The van der Waals surface area contributed by atoms with Crippen molar-refractivity contribution < 1.29 is 4.79 Å². The second kappa shape index (κ2) is 6.14. The van der Waals surface area contributed by atoms with E-state index in [-0.39, 0.29) is 17.2 Å². The molecule has 1 aliphatic rings. The third kappa shape index (κ3) is 4.67. The molecule has 0 aromatic rings. The molecular weight excluding hydrogens is 186 g/mol. The number of amides is 1. The Balaban J connectivity index is 0.000000921. The predicted octanol–water partition coefficient (Wildman–Crippen LogP) is 3.36. The Morgan fingerprint density at radius 2 is 1.73 bits per heavy atom. The summed E-state index contributed by atoms with van der Waals surface area (Å²) in [4.78, 5) is 11.7. The Hall–Kier alpha value is -0.530. The van der Waals surface area contributed by atoms with Gasteiger partial charge in [0, 0.05) is 12.0 Å². The maximum Gasteiger partial charge on any atom is 0.223 e. The molecule has 0 spiro atoms. The van der Waals surface area contributed by atoms with Gasteiger partial charge in [-0.05, 0) is 24.7 Å². The Morgan fingerprint density at radius 1 is 1.27 bits per heavy atom. The molecule has 1 saturated carbocycles. The summed E-state index contributed by atoms with van der Waals surface area (Å²) < 4.78 is 0. The van der Waals surface area contributed by atoms with Crippen LogP contribution in [0.3, 0.4) is 0 Å². The minimum absolute atomic E-state index is 0.0772. The number of hydrogen-bond donors (Lipinski definition) is 1. The molecule has 1 fully saturated rings. The van der Waals surface area contributed by atoms with Gasteiger partial charge in [0.1, 0.15) is 0 Å². The van der Waals surface area contributed by atoms with E-state index in [2.05, 4.69) is 26.1 Å². The van der Waals surface area contributed by atoms with Crippen LogP contribution < -0.4 is 5.32 Å². The van der Waals surface area contributed by atoms with Gasteiger partial charge in [-0.25, -0.2) is 0 Å². The first-order valence-electron chi connectivity index (χ1n) is 6.21. The number of nitrogens with one attached hydrogen (secondary N) is 1. The average molecular weight is 213 g/mol. The fourth-order valence-corrected chi connectivity index (χ4v) is 1.27. The molecular formula is C13H27NO. The summed E-state index contributed by atoms with van der Waals surface area (Å²) in [5.41, 5.74) is 0.0772. The normalized spacial score (nSPS) is 18.3. The molecule has 2 heteroatoms. The summed E-state index contributed by atoms with van der Waals surface area (Å²) in [6.07, 6.45) is 3.61. The molecule has 0 bridgehead atoms. The highest BCUT2D eigenvalue weighted by molar-refractivity contribution is 5.79. The molecule has 90 valence electrons. The van der Waals surface area contributed by atoms with E-state index in [4.69, 9.17) is 0 Å². The summed E-state index contributed by atoms with van der Waals surface area (Å²) in [7, 11) is 0. The fraction of sp³-hybridized carbons (Fsp3) is 0.923. The smallest absolute Gasteiger partial charge is 0.223 e. The fourth-order valence-electron chi connectivity index (χ4n) is 1.27. The van der Waals surface area contributed by atoms with Gasteiger partial charge in [0.25, 0.3) is 0 Å². The van der Waals surface area contributed by atoms with Crippen molar-refractivity contribution in [1.82, 2.24) is 5.32 Å². The number of hydrogen-bond acceptors (Lipinski definition) is 1. The summed E-state index contributed by atoms with van der Waals surface area (Å²) >= 11 is 0. The van der Waals surface area contributed by atoms with Crippen molar-refractivity contribution >= 4 is 5.91 Å². The number of carbonyl (C=O) groups excluding carboxylic acids is 1. The summed E-state index contributed by atoms with van der Waals surface area (Å²) in [5, 5.41) is 3.08. The van der Waals surface area contributed by atoms with Crippen LogP contribution in [0.15, 0.2) is 0 Å². The molecule has 0 aromatic heterocycles. The first-order chi connectivity index (χ1) is 6.91. The molecule has 0 unspecified atom stereocenters. The van der Waals surface area contributed by atoms with Gasteiger partial charge in [0.2, 0.25) is 5.91 Å². The minimum Gasteiger partial charge on any atom is -0.353 e. The van der Waals surface area contributed by atoms with Crippen LogP contribution in [0.25, 0.3) is 0 Å². The highest BCUT2D eigenvalue weighted by Crippen LogP contribution is 2.26. The van der Waals surface area contributed by atoms with Gasteiger partial charge < -0.3 is 5.32 Å². The topological polar surface area (TPSA) is 29.1 Å². The zero-order valence-corrected chi connectivity index (χ0v) is 11.2. The van der Waals surface area contributed by atoms with E-state index in [0.29, 0.717) is 6.04 Å². The first kappa shape index (κ1) is 14.5. The zero-order chi connectivity index (χ0) is 12.1. The van der Waals surface area contributed by atoms with E-state index in [1.807, 2.05) is 20.8 Å². The first-order valence-corrected chi connectivity index (χ1v) is 6.21. The Labute approximate surface area is 94.8 Å². The van der Waals surface area contributed by atoms with Crippen molar-refractivity contribution in [2.24, 2.45) is 11.3 Å². The monoisotopic (exact) mass is 213 g/mol. The van der Waals surface area contributed by atoms with Gasteiger partial charge in [0.05, 0.1) is 0 Å². The van der Waals surface area contributed by atoms with Gasteiger partial charge in [0.15, 0.2) is 0 Å². The lowest BCUT2D eigenvalue weighted by Gasteiger charge is -2.31. The van der Waals surface area contributed by atoms with Crippen molar-refractivity contribution in [1.29, 1.82) is 0 Å². The summed E-state index contributed by atoms with van der Waals surface area (Å²) in [6.45, 7) is 12.3. The molecule has 0 saturated heterocycles. The van der Waals surface area contributed by atoms with Crippen LogP contribution in [-0.4, -0.2) is 11.9 Å². The molecule has 0 heterocycles. The number of carbonyl (C=O) groups is 1. The van der Waals surface area contributed by atoms with Crippen LogP contribution >= 0.6 is 0 Å². The van der Waals surface area contributed by atoms with Gasteiger partial charge in [-0.1, -0.05) is 41.5 Å². The molecule has 1 atom stereocenters. The Kier molecular flexibility index (Phi) is 5.92. The van der Waals surface area contributed by atoms with E-state index < -0.39 is 0 Å². The maximum atomic E-state index is 11.7. The van der Waals surface area contributed by atoms with E-state index in [1.165, 1.54) is 19.3 Å². The lowest BCUT2D eigenvalue weighted by atomic mass is 9.81. The third-order valence-electron chi connectivity index (χ3n) is 3.14. The molecule has 1 rings (SSSR count). The van der Waals surface area contributed by atoms with Gasteiger partial charge >= 0.3 is 0 Å². The largest absolute Gasteiger partial charge is 0.353 e. The van der Waals surface area contributed by atoms with Crippen molar-refractivity contribution in [3.63, 3.8) is 0 Å². The molecule has 0 aromatic carbocycles. The molecule has 15 heavy (non-hydrogen) atoms. The summed E-state index contributed by atoms with van der Waals surface area (Å²) in [5.74, 6) is 0.324. The maximum absolute atomic E-state index is 11.7. The van der Waals surface area contributed by atoms with Crippen molar-refractivity contribution in [3.8, 4) is 0 Å². The molecule has 0 radical (unpaired) electrons. The molecule has 1 N–H and O–H groups in total. The van der Waals surface area contributed by atoms with Crippen molar-refractivity contribution in [2.45, 2.75) is 66.8 Å². The van der Waals surface area contributed by atoms with Crippen molar-refractivity contribution in [2.75, 3.05) is 0 Å². The van der Waals surface area contributed by atoms with Crippen molar-refractivity contribution in [3.05, 3.63) is 0 Å². The van der Waals surface area contributed by atoms with Crippen LogP contribution in [0.1, 0.15) is 60.8 Å². The average Bonchev–Trinajstić information content (AvgIpc) is 2.11. The van der Waals surface area contributed by atoms with Gasteiger partial charge in [-0.2, -0.15) is 0 Å². The minimum atomic E-state index is 0.0772. The van der Waals surface area contributed by atoms with E-state index in [9.17, 15) is 4.79 Å². The highest BCUT2D eigenvalue weighted by atomic mass is 16.2. The van der Waals surface area contributed by atoms with Crippen LogP contribution in [0.2, 0.25) is 0 Å². The summed E-state index contributed by atoms with van der Waals surface area (Å²) in [6, 6.07) is 0.470. The lowest BCUT2D eigenvalue weighted by molar-refractivity contribution is -0.128. The van der Waals surface area contributed by atoms with Crippen LogP contribution in [-0.2, 0) is 4.79 Å². The molecule has 0 aliphatic heterocycles. The van der Waals surface area contributed by atoms with Crippen LogP contribution in [0.4, 0.5) is 0 Å². The van der Waals surface area contributed by atoms with E-state index >= 15 is 0 Å². The van der Waals surface area contributed by atoms with Crippen LogP contribution in [0, 0.1) is 11.3 Å².